The maximum atomic E-state index is 13.1. The Morgan fingerprint density at radius 3 is 2.58 bits per heavy atom. The number of nitrogens with two attached hydrogens (primary N) is 2. The van der Waals surface area contributed by atoms with Crippen molar-refractivity contribution < 1.29 is 18.0 Å². The van der Waals surface area contributed by atoms with Gasteiger partial charge in [-0.15, -0.1) is 23.1 Å². The van der Waals surface area contributed by atoms with Crippen LogP contribution in [0.1, 0.15) is 10.6 Å². The highest BCUT2D eigenvalue weighted by Crippen LogP contribution is 2.42. The summed E-state index contributed by atoms with van der Waals surface area (Å²) in [6.07, 6.45) is -2.37. The van der Waals surface area contributed by atoms with Gasteiger partial charge in [0.2, 0.25) is 6.41 Å². The molecule has 0 radical (unpaired) electrons. The van der Waals surface area contributed by atoms with Crippen molar-refractivity contribution >= 4 is 35.2 Å². The second kappa shape index (κ2) is 9.47. The Morgan fingerprint density at radius 2 is 2.12 bits per heavy atom. The first-order valence-electron chi connectivity index (χ1n) is 6.40. The van der Waals surface area contributed by atoms with Gasteiger partial charge in [0.25, 0.3) is 0 Å². The summed E-state index contributed by atoms with van der Waals surface area (Å²) in [4.78, 5) is 13.1. The van der Waals surface area contributed by atoms with Crippen LogP contribution in [0.25, 0.3) is 0 Å². The number of thiazole rings is 1. The Morgan fingerprint density at radius 1 is 1.46 bits per heavy atom. The van der Waals surface area contributed by atoms with E-state index in [9.17, 15) is 13.2 Å². The van der Waals surface area contributed by atoms with Crippen molar-refractivity contribution in [1.82, 2.24) is 10.4 Å². The normalized spacial score (nSPS) is 10.6. The molecule has 132 valence electrons. The van der Waals surface area contributed by atoms with E-state index in [-0.39, 0.29) is 4.90 Å². The van der Waals surface area contributed by atoms with E-state index in [1.165, 1.54) is 29.5 Å². The fourth-order valence-electron chi connectivity index (χ4n) is 1.64. The third-order valence-electron chi connectivity index (χ3n) is 2.57. The number of thioether (sulfide) groups is 1. The molecule has 0 bridgehead atoms. The Bertz CT molecular complexity index is 635. The number of aromatic nitrogens is 1. The zero-order valence-corrected chi connectivity index (χ0v) is 14.2. The van der Waals surface area contributed by atoms with Gasteiger partial charge >= 0.3 is 6.18 Å². The summed E-state index contributed by atoms with van der Waals surface area (Å²) in [6.45, 7) is 0. The molecule has 0 aliphatic carbocycles. The van der Waals surface area contributed by atoms with E-state index >= 15 is 0 Å². The van der Waals surface area contributed by atoms with E-state index in [2.05, 4.69) is 10.8 Å². The number of amides is 1. The number of hydrogen-bond donors (Lipinski definition) is 3. The van der Waals surface area contributed by atoms with Crippen molar-refractivity contribution in [3.63, 3.8) is 0 Å². The number of carbonyl (C=O) groups is 1. The molecule has 1 aromatic carbocycles. The fourth-order valence-corrected chi connectivity index (χ4v) is 3.53. The Kier molecular flexibility index (Phi) is 7.98. The number of nitrogens with one attached hydrogen (secondary N) is 1. The molecule has 24 heavy (non-hydrogen) atoms. The minimum absolute atomic E-state index is 0.125. The number of hydrazine groups is 2. The lowest BCUT2D eigenvalue weighted by Gasteiger charge is -2.20. The van der Waals surface area contributed by atoms with Crippen molar-refractivity contribution in [2.45, 2.75) is 16.8 Å². The Hall–Kier alpha value is -1.82. The van der Waals surface area contributed by atoms with Gasteiger partial charge in [-0.05, 0) is 12.1 Å². The van der Waals surface area contributed by atoms with Crippen LogP contribution in [0.3, 0.4) is 0 Å². The van der Waals surface area contributed by atoms with Gasteiger partial charge in [-0.2, -0.15) is 13.2 Å². The number of anilines is 1. The van der Waals surface area contributed by atoms with Crippen LogP contribution in [0.5, 0.6) is 0 Å². The van der Waals surface area contributed by atoms with Crippen LogP contribution in [-0.2, 0) is 16.7 Å². The molecular formula is C13H16F3N5OS2. The highest BCUT2D eigenvalue weighted by atomic mass is 32.2. The summed E-state index contributed by atoms with van der Waals surface area (Å²) >= 11 is 2.50. The first-order valence-corrected chi connectivity index (χ1v) is 8.27. The lowest BCUT2D eigenvalue weighted by Crippen LogP contribution is -2.26. The molecule has 1 amide bonds. The summed E-state index contributed by atoms with van der Waals surface area (Å²) in [7, 11) is 1.52. The maximum Gasteiger partial charge on any atom is 0.417 e. The number of benzene rings is 1. The van der Waals surface area contributed by atoms with Crippen molar-refractivity contribution in [3.8, 4) is 0 Å². The summed E-state index contributed by atoms with van der Waals surface area (Å²) in [5.74, 6) is 10.4. The zero-order chi connectivity index (χ0) is 18.2. The topological polar surface area (TPSA) is 97.3 Å². The van der Waals surface area contributed by atoms with Crippen molar-refractivity contribution in [2.24, 2.45) is 11.7 Å². The third kappa shape index (κ3) is 6.00. The number of nitrogens with zero attached hydrogens (tertiary/aromatic N) is 2. The third-order valence-corrected chi connectivity index (χ3v) is 4.67. The molecule has 0 spiro atoms. The van der Waals surface area contributed by atoms with E-state index < -0.39 is 11.7 Å². The molecule has 0 aliphatic heterocycles. The summed E-state index contributed by atoms with van der Waals surface area (Å²) in [5, 5.41) is 3.76. The molecule has 0 saturated heterocycles. The molecule has 1 aromatic heterocycles. The number of alkyl halides is 3. The van der Waals surface area contributed by atoms with E-state index in [1.807, 2.05) is 0 Å². The predicted octanol–water partition coefficient (Wildman–Crippen LogP) is 2.37. The van der Waals surface area contributed by atoms with Crippen LogP contribution in [0, 0.1) is 0 Å². The molecule has 0 saturated carbocycles. The molecule has 0 fully saturated rings. The van der Waals surface area contributed by atoms with Crippen molar-refractivity contribution in [1.29, 1.82) is 0 Å². The van der Waals surface area contributed by atoms with Gasteiger partial charge < -0.3 is 5.01 Å². The summed E-state index contributed by atoms with van der Waals surface area (Å²) < 4.78 is 39.2. The second-order valence-electron chi connectivity index (χ2n) is 4.26. The maximum absolute atomic E-state index is 13.1. The standard InChI is InChI=1S/C12H12F3N3S2.CH4N2O/c1-18(16)9-4-2-3-8(12(13,14)15)11(9)20-7-10-17-5-6-19-10;2-3-1-4/h2-6H,7,16H2,1H3;1H,2H2,(H,3,4). The number of halogens is 3. The smallest absolute Gasteiger partial charge is 0.313 e. The van der Waals surface area contributed by atoms with Gasteiger partial charge in [-0.1, -0.05) is 6.07 Å². The quantitative estimate of drug-likeness (QED) is 0.243. The number of carbonyl (C=O) groups excluding carboxylic acids is 1. The molecule has 11 heteroatoms. The molecule has 1 heterocycles. The first kappa shape index (κ1) is 20.2. The van der Waals surface area contributed by atoms with Crippen LogP contribution in [0.4, 0.5) is 18.9 Å². The van der Waals surface area contributed by atoms with E-state index in [0.29, 0.717) is 17.9 Å². The average Bonchev–Trinajstić information content (AvgIpc) is 3.05. The van der Waals surface area contributed by atoms with Crippen LogP contribution in [0.2, 0.25) is 0 Å². The molecular weight excluding hydrogens is 363 g/mol. The van der Waals surface area contributed by atoms with Crippen LogP contribution in [0.15, 0.2) is 34.7 Å². The highest BCUT2D eigenvalue weighted by molar-refractivity contribution is 7.98. The minimum atomic E-state index is -4.41. The van der Waals surface area contributed by atoms with Crippen LogP contribution >= 0.6 is 23.1 Å². The van der Waals surface area contributed by atoms with Gasteiger partial charge in [0, 0.05) is 23.5 Å². The first-order chi connectivity index (χ1) is 11.3. The number of hydrogen-bond acceptors (Lipinski definition) is 7. The van der Waals surface area contributed by atoms with E-state index in [1.54, 1.807) is 23.1 Å². The lowest BCUT2D eigenvalue weighted by molar-refractivity contribution is -0.139. The van der Waals surface area contributed by atoms with Gasteiger partial charge in [0.1, 0.15) is 5.01 Å². The Balaban J connectivity index is 0.000000648. The largest absolute Gasteiger partial charge is 0.417 e. The molecule has 0 atom stereocenters. The molecule has 2 aromatic rings. The molecule has 0 unspecified atom stereocenters. The average molecular weight is 379 g/mol. The van der Waals surface area contributed by atoms with Crippen LogP contribution in [-0.4, -0.2) is 18.4 Å². The lowest BCUT2D eigenvalue weighted by atomic mass is 10.2. The summed E-state index contributed by atoms with van der Waals surface area (Å²) in [5.41, 5.74) is 1.43. The second-order valence-corrected chi connectivity index (χ2v) is 6.23. The SMILES string of the molecule is CN(N)c1cccc(C(F)(F)F)c1SCc1nccs1.NNC=O. The Labute approximate surface area is 145 Å². The van der Waals surface area contributed by atoms with Crippen LogP contribution < -0.4 is 22.1 Å². The molecule has 0 aliphatic rings. The van der Waals surface area contributed by atoms with Gasteiger partial charge in [-0.25, -0.2) is 16.7 Å². The van der Waals surface area contributed by atoms with E-state index in [0.717, 1.165) is 22.8 Å². The van der Waals surface area contributed by atoms with Gasteiger partial charge in [0.05, 0.1) is 17.0 Å². The molecule has 5 N–H and O–H groups in total. The monoisotopic (exact) mass is 379 g/mol. The highest BCUT2D eigenvalue weighted by Gasteiger charge is 2.34. The molecule has 6 nitrogen and oxygen atoms in total. The number of rotatable bonds is 5. The van der Waals surface area contributed by atoms with E-state index in [4.69, 9.17) is 10.6 Å². The fraction of sp³-hybridized carbons (Fsp3) is 0.231. The van der Waals surface area contributed by atoms with Gasteiger partial charge in [-0.3, -0.25) is 10.2 Å². The predicted molar refractivity (Wildman–Crippen MR) is 89.1 cm³/mol. The summed E-state index contributed by atoms with van der Waals surface area (Å²) in [6, 6.07) is 3.99. The van der Waals surface area contributed by atoms with Crippen molar-refractivity contribution in [2.75, 3.05) is 12.1 Å². The minimum Gasteiger partial charge on any atom is -0.313 e. The van der Waals surface area contributed by atoms with Gasteiger partial charge in [0.15, 0.2) is 0 Å². The van der Waals surface area contributed by atoms with Crippen molar-refractivity contribution in [3.05, 3.63) is 40.3 Å². The zero-order valence-electron chi connectivity index (χ0n) is 12.6. The molecule has 2 rings (SSSR count).